The Kier molecular flexibility index (Phi) is 2.94. The van der Waals surface area contributed by atoms with Crippen molar-refractivity contribution >= 4 is 0 Å². The molecule has 0 N–H and O–H groups in total. The maximum Gasteiger partial charge on any atom is 0 e. The summed E-state index contributed by atoms with van der Waals surface area (Å²) < 4.78 is 0. The second-order valence-corrected chi connectivity index (χ2v) is 2.44. The van der Waals surface area contributed by atoms with Crippen LogP contribution in [0.1, 0.15) is 17.5 Å². The smallest absolute Gasteiger partial charge is 0 e. The molecule has 0 aromatic heterocycles. The normalized spacial score (nSPS) is 13.2. The van der Waals surface area contributed by atoms with Gasteiger partial charge in [-0.1, -0.05) is 18.9 Å². The Morgan fingerprint density at radius 3 is 2.80 bits per heavy atom. The van der Waals surface area contributed by atoms with E-state index in [0.29, 0.717) is 0 Å². The van der Waals surface area contributed by atoms with E-state index in [9.17, 15) is 0 Å². The fraction of sp³-hybridized carbons (Fsp3) is 0.222. The fourth-order valence-corrected chi connectivity index (χ4v) is 1.34. The Morgan fingerprint density at radius 2 is 2.00 bits per heavy atom. The Hall–Kier alpha value is 0.194. The van der Waals surface area contributed by atoms with Gasteiger partial charge in [-0.25, -0.2) is 0 Å². The van der Waals surface area contributed by atoms with Crippen LogP contribution in [0.4, 0.5) is 0 Å². The molecule has 1 aromatic rings. The van der Waals surface area contributed by atoms with Crippen LogP contribution in [0.25, 0.3) is 0 Å². The zero-order valence-electron chi connectivity index (χ0n) is 5.88. The Bertz CT molecular complexity index is 195. The second-order valence-electron chi connectivity index (χ2n) is 2.44. The van der Waals surface area contributed by atoms with Crippen LogP contribution < -0.4 is 0 Å². The first-order valence-corrected chi connectivity index (χ1v) is 3.38. The van der Waals surface area contributed by atoms with Crippen LogP contribution in [0, 0.1) is 6.42 Å². The minimum atomic E-state index is 0. The van der Waals surface area contributed by atoms with Gasteiger partial charge in [0, 0.05) is 32.7 Å². The number of hydrogen-bond donors (Lipinski definition) is 0. The summed E-state index contributed by atoms with van der Waals surface area (Å²) in [6.07, 6.45) is 4.78. The molecule has 0 fully saturated rings. The topological polar surface area (TPSA) is 0 Å². The van der Waals surface area contributed by atoms with Gasteiger partial charge in [0.15, 0.2) is 0 Å². The summed E-state index contributed by atoms with van der Waals surface area (Å²) in [5.74, 6) is 0. The average Bonchev–Trinajstić information content (AvgIpc) is 2.33. The SMILES string of the molecule is [Y].c1ccc2c(c1)[CH-]CC2. The summed E-state index contributed by atoms with van der Waals surface area (Å²) in [5, 5.41) is 0. The van der Waals surface area contributed by atoms with Gasteiger partial charge in [0.1, 0.15) is 0 Å². The van der Waals surface area contributed by atoms with Crippen molar-refractivity contribution in [2.24, 2.45) is 0 Å². The maximum absolute atomic E-state index is 2.30. The fourth-order valence-electron chi connectivity index (χ4n) is 1.34. The average molecular weight is 206 g/mol. The molecule has 10 heavy (non-hydrogen) atoms. The monoisotopic (exact) mass is 206 g/mol. The van der Waals surface area contributed by atoms with E-state index in [1.807, 2.05) is 0 Å². The number of rotatable bonds is 0. The number of aryl methyl sites for hydroxylation is 1. The molecule has 0 aliphatic heterocycles. The van der Waals surface area contributed by atoms with Crippen LogP contribution >= 0.6 is 0 Å². The van der Waals surface area contributed by atoms with Crippen molar-refractivity contribution in [1.82, 2.24) is 0 Å². The molecule has 0 heterocycles. The third-order valence-electron chi connectivity index (χ3n) is 1.83. The van der Waals surface area contributed by atoms with Crippen LogP contribution in [0.2, 0.25) is 0 Å². The molecule has 0 atom stereocenters. The molecule has 0 bridgehead atoms. The minimum absolute atomic E-state index is 0. The van der Waals surface area contributed by atoms with Crippen LogP contribution in [0.3, 0.4) is 0 Å². The third kappa shape index (κ3) is 1.43. The zero-order chi connectivity index (χ0) is 6.10. The molecule has 1 aliphatic rings. The summed E-state index contributed by atoms with van der Waals surface area (Å²) in [6.45, 7) is 0. The van der Waals surface area contributed by atoms with Gasteiger partial charge in [-0.2, -0.15) is 18.1 Å². The summed E-state index contributed by atoms with van der Waals surface area (Å²) >= 11 is 0. The van der Waals surface area contributed by atoms with Gasteiger partial charge in [0.05, 0.1) is 0 Å². The van der Waals surface area contributed by atoms with Crippen LogP contribution in [-0.4, -0.2) is 0 Å². The molecule has 1 radical (unpaired) electrons. The zero-order valence-corrected chi connectivity index (χ0v) is 8.72. The van der Waals surface area contributed by atoms with Gasteiger partial charge in [-0.15, -0.1) is 17.7 Å². The number of hydrogen-bond acceptors (Lipinski definition) is 0. The summed E-state index contributed by atoms with van der Waals surface area (Å²) in [5.41, 5.74) is 2.95. The van der Waals surface area contributed by atoms with E-state index in [2.05, 4.69) is 30.7 Å². The van der Waals surface area contributed by atoms with Crippen molar-refractivity contribution in [1.29, 1.82) is 0 Å². The van der Waals surface area contributed by atoms with Gasteiger partial charge in [-0.3, -0.25) is 0 Å². The van der Waals surface area contributed by atoms with E-state index < -0.39 is 0 Å². The van der Waals surface area contributed by atoms with Crippen molar-refractivity contribution < 1.29 is 32.7 Å². The first-order chi connectivity index (χ1) is 4.47. The molecule has 1 aromatic carbocycles. The predicted molar refractivity (Wildman–Crippen MR) is 38.2 cm³/mol. The maximum atomic E-state index is 2.30. The number of fused-ring (bicyclic) bond motifs is 1. The molecule has 0 amide bonds. The third-order valence-corrected chi connectivity index (χ3v) is 1.83. The Balaban J connectivity index is 0.000000500. The van der Waals surface area contributed by atoms with Crippen LogP contribution in [0.5, 0.6) is 0 Å². The van der Waals surface area contributed by atoms with E-state index in [4.69, 9.17) is 0 Å². The molecule has 1 aliphatic carbocycles. The molecule has 0 unspecified atom stereocenters. The molecule has 0 spiro atoms. The van der Waals surface area contributed by atoms with Crippen molar-refractivity contribution in [2.45, 2.75) is 12.8 Å². The van der Waals surface area contributed by atoms with Crippen LogP contribution in [0.15, 0.2) is 24.3 Å². The number of benzene rings is 1. The molecule has 49 valence electrons. The Labute approximate surface area is 86.9 Å². The second kappa shape index (κ2) is 3.55. The Morgan fingerprint density at radius 1 is 1.20 bits per heavy atom. The van der Waals surface area contributed by atoms with Crippen molar-refractivity contribution in [3.8, 4) is 0 Å². The minimum Gasteiger partial charge on any atom is -0.189 e. The van der Waals surface area contributed by atoms with E-state index in [-0.39, 0.29) is 32.7 Å². The summed E-state index contributed by atoms with van der Waals surface area (Å²) in [7, 11) is 0. The summed E-state index contributed by atoms with van der Waals surface area (Å²) in [4.78, 5) is 0. The van der Waals surface area contributed by atoms with Crippen molar-refractivity contribution in [3.63, 3.8) is 0 Å². The standard InChI is InChI=1S/C9H9.Y/c1-2-5-9-7-3-6-8(9)4-1;/h1-2,4-6H,3,7H2;/q-1;. The van der Waals surface area contributed by atoms with Gasteiger partial charge in [-0.05, 0) is 0 Å². The first kappa shape index (κ1) is 8.29. The van der Waals surface area contributed by atoms with E-state index in [1.54, 1.807) is 0 Å². The van der Waals surface area contributed by atoms with E-state index in [0.717, 1.165) is 0 Å². The first-order valence-electron chi connectivity index (χ1n) is 3.38. The van der Waals surface area contributed by atoms with Crippen molar-refractivity contribution in [2.75, 3.05) is 0 Å². The largest absolute Gasteiger partial charge is 0.189 e. The van der Waals surface area contributed by atoms with Crippen LogP contribution in [-0.2, 0) is 39.1 Å². The summed E-state index contributed by atoms with van der Waals surface area (Å²) in [6, 6.07) is 8.60. The predicted octanol–water partition coefficient (Wildman–Crippen LogP) is 2.18. The molecule has 0 saturated carbocycles. The van der Waals surface area contributed by atoms with Gasteiger partial charge in [0.25, 0.3) is 0 Å². The molecule has 2 rings (SSSR count). The van der Waals surface area contributed by atoms with E-state index >= 15 is 0 Å². The van der Waals surface area contributed by atoms with Gasteiger partial charge in [0.2, 0.25) is 0 Å². The molecule has 0 saturated heterocycles. The molecule has 1 heteroatoms. The van der Waals surface area contributed by atoms with Crippen molar-refractivity contribution in [3.05, 3.63) is 41.8 Å². The van der Waals surface area contributed by atoms with Gasteiger partial charge < -0.3 is 0 Å². The van der Waals surface area contributed by atoms with E-state index in [1.165, 1.54) is 24.0 Å². The molecular formula is C9H9Y-. The quantitative estimate of drug-likeness (QED) is 0.570. The molecule has 0 nitrogen and oxygen atoms in total. The molecular weight excluding hydrogens is 197 g/mol. The van der Waals surface area contributed by atoms with Gasteiger partial charge >= 0.3 is 0 Å².